The number of nitrogen functional groups attached to an aromatic ring is 1. The molecule has 1 aromatic carbocycles. The number of rotatable bonds is 1. The Balaban J connectivity index is 2.76. The first-order chi connectivity index (χ1) is 7.08. The monoisotopic (exact) mass is 203 g/mol. The van der Waals surface area contributed by atoms with Crippen LogP contribution in [0.4, 0.5) is 11.4 Å². The third kappa shape index (κ3) is 1.59. The van der Waals surface area contributed by atoms with Crippen LogP contribution in [-0.2, 0) is 0 Å². The SMILES string of the molecule is Cc1cc(N)c2ccc([N+](=O)[O-])cc2n1. The second kappa shape index (κ2) is 3.20. The lowest BCUT2D eigenvalue weighted by atomic mass is 10.1. The maximum absolute atomic E-state index is 10.6. The summed E-state index contributed by atoms with van der Waals surface area (Å²) in [6, 6.07) is 6.22. The van der Waals surface area contributed by atoms with Crippen molar-refractivity contribution in [1.29, 1.82) is 0 Å². The van der Waals surface area contributed by atoms with Crippen LogP contribution in [0.2, 0.25) is 0 Å². The van der Waals surface area contributed by atoms with Crippen molar-refractivity contribution in [1.82, 2.24) is 4.98 Å². The molecular formula is C10H9N3O2. The summed E-state index contributed by atoms with van der Waals surface area (Å²) in [6.07, 6.45) is 0. The average molecular weight is 203 g/mol. The van der Waals surface area contributed by atoms with E-state index in [-0.39, 0.29) is 5.69 Å². The fraction of sp³-hybridized carbons (Fsp3) is 0.100. The first-order valence-corrected chi connectivity index (χ1v) is 4.39. The molecule has 0 unspecified atom stereocenters. The van der Waals surface area contributed by atoms with Crippen molar-refractivity contribution in [3.8, 4) is 0 Å². The molecule has 0 fully saturated rings. The summed E-state index contributed by atoms with van der Waals surface area (Å²) in [5, 5.41) is 11.3. The van der Waals surface area contributed by atoms with Gasteiger partial charge >= 0.3 is 0 Å². The number of non-ortho nitro benzene ring substituents is 1. The molecular weight excluding hydrogens is 194 g/mol. The van der Waals surface area contributed by atoms with Gasteiger partial charge in [-0.1, -0.05) is 0 Å². The average Bonchev–Trinajstić information content (AvgIpc) is 2.16. The van der Waals surface area contributed by atoms with E-state index in [4.69, 9.17) is 5.73 Å². The maximum Gasteiger partial charge on any atom is 0.271 e. The van der Waals surface area contributed by atoms with Crippen molar-refractivity contribution >= 4 is 22.3 Å². The molecule has 2 rings (SSSR count). The van der Waals surface area contributed by atoms with Gasteiger partial charge in [-0.15, -0.1) is 0 Å². The minimum atomic E-state index is -0.445. The number of anilines is 1. The van der Waals surface area contributed by atoms with Crippen LogP contribution >= 0.6 is 0 Å². The Morgan fingerprint density at radius 3 is 2.80 bits per heavy atom. The van der Waals surface area contributed by atoms with Gasteiger partial charge in [-0.05, 0) is 19.1 Å². The normalized spacial score (nSPS) is 10.5. The van der Waals surface area contributed by atoms with Crippen molar-refractivity contribution in [2.24, 2.45) is 0 Å². The second-order valence-electron chi connectivity index (χ2n) is 3.31. The smallest absolute Gasteiger partial charge is 0.271 e. The number of nitro groups is 1. The van der Waals surface area contributed by atoms with E-state index in [2.05, 4.69) is 4.98 Å². The lowest BCUT2D eigenvalue weighted by molar-refractivity contribution is -0.384. The lowest BCUT2D eigenvalue weighted by Crippen LogP contribution is -1.94. The highest BCUT2D eigenvalue weighted by molar-refractivity contribution is 5.91. The van der Waals surface area contributed by atoms with Gasteiger partial charge in [0, 0.05) is 28.9 Å². The predicted molar refractivity (Wildman–Crippen MR) is 57.5 cm³/mol. The van der Waals surface area contributed by atoms with Crippen molar-refractivity contribution in [3.05, 3.63) is 40.1 Å². The Morgan fingerprint density at radius 2 is 2.13 bits per heavy atom. The predicted octanol–water partition coefficient (Wildman–Crippen LogP) is 2.03. The number of pyridine rings is 1. The van der Waals surface area contributed by atoms with E-state index in [0.717, 1.165) is 11.1 Å². The number of fused-ring (bicyclic) bond motifs is 1. The van der Waals surface area contributed by atoms with Gasteiger partial charge < -0.3 is 5.73 Å². The van der Waals surface area contributed by atoms with E-state index in [1.54, 1.807) is 19.1 Å². The molecule has 0 radical (unpaired) electrons. The van der Waals surface area contributed by atoms with Crippen LogP contribution in [0.1, 0.15) is 5.69 Å². The van der Waals surface area contributed by atoms with Gasteiger partial charge in [-0.2, -0.15) is 0 Å². The number of nitro benzene ring substituents is 1. The van der Waals surface area contributed by atoms with Gasteiger partial charge in [0.1, 0.15) is 0 Å². The molecule has 0 amide bonds. The number of hydrogen-bond acceptors (Lipinski definition) is 4. The third-order valence-electron chi connectivity index (χ3n) is 2.16. The molecule has 0 aliphatic heterocycles. The summed E-state index contributed by atoms with van der Waals surface area (Å²) in [4.78, 5) is 14.3. The van der Waals surface area contributed by atoms with Crippen LogP contribution in [-0.4, -0.2) is 9.91 Å². The van der Waals surface area contributed by atoms with Crippen LogP contribution < -0.4 is 5.73 Å². The quantitative estimate of drug-likeness (QED) is 0.567. The zero-order chi connectivity index (χ0) is 11.0. The standard InChI is InChI=1S/C10H9N3O2/c1-6-4-9(11)8-3-2-7(13(14)15)5-10(8)12-6/h2-5H,1H3,(H2,11,12). The first-order valence-electron chi connectivity index (χ1n) is 4.39. The van der Waals surface area contributed by atoms with Crippen molar-refractivity contribution in [2.45, 2.75) is 6.92 Å². The van der Waals surface area contributed by atoms with Gasteiger partial charge in [0.15, 0.2) is 0 Å². The summed E-state index contributed by atoms with van der Waals surface area (Å²) in [5.41, 5.74) is 7.70. The Kier molecular flexibility index (Phi) is 2.00. The molecule has 0 bridgehead atoms. The minimum Gasteiger partial charge on any atom is -0.398 e. The highest BCUT2D eigenvalue weighted by Gasteiger charge is 2.08. The van der Waals surface area contributed by atoms with Crippen molar-refractivity contribution < 1.29 is 4.92 Å². The summed E-state index contributed by atoms with van der Waals surface area (Å²) in [5.74, 6) is 0. The maximum atomic E-state index is 10.6. The van der Waals surface area contributed by atoms with E-state index in [0.29, 0.717) is 11.2 Å². The van der Waals surface area contributed by atoms with Crippen molar-refractivity contribution in [2.75, 3.05) is 5.73 Å². The number of hydrogen-bond donors (Lipinski definition) is 1. The molecule has 1 aromatic heterocycles. The molecule has 76 valence electrons. The van der Waals surface area contributed by atoms with E-state index in [1.165, 1.54) is 12.1 Å². The molecule has 0 atom stereocenters. The third-order valence-corrected chi connectivity index (χ3v) is 2.16. The van der Waals surface area contributed by atoms with Crippen LogP contribution in [0.15, 0.2) is 24.3 Å². The van der Waals surface area contributed by atoms with Crippen LogP contribution in [0.5, 0.6) is 0 Å². The van der Waals surface area contributed by atoms with Gasteiger partial charge in [0.05, 0.1) is 10.4 Å². The lowest BCUT2D eigenvalue weighted by Gasteiger charge is -2.02. The highest BCUT2D eigenvalue weighted by atomic mass is 16.6. The van der Waals surface area contributed by atoms with Crippen LogP contribution in [0, 0.1) is 17.0 Å². The molecule has 0 aliphatic carbocycles. The number of benzene rings is 1. The molecule has 0 spiro atoms. The fourth-order valence-corrected chi connectivity index (χ4v) is 1.50. The number of nitrogens with two attached hydrogens (primary N) is 1. The Hall–Kier alpha value is -2.17. The molecule has 0 saturated heterocycles. The topological polar surface area (TPSA) is 82.0 Å². The van der Waals surface area contributed by atoms with Gasteiger partial charge in [0.2, 0.25) is 0 Å². The molecule has 5 nitrogen and oxygen atoms in total. The van der Waals surface area contributed by atoms with Crippen LogP contribution in [0.25, 0.3) is 10.9 Å². The molecule has 0 saturated carbocycles. The second-order valence-corrected chi connectivity index (χ2v) is 3.31. The summed E-state index contributed by atoms with van der Waals surface area (Å²) >= 11 is 0. The van der Waals surface area contributed by atoms with Gasteiger partial charge in [-0.3, -0.25) is 15.1 Å². The molecule has 1 heterocycles. The number of nitrogens with zero attached hydrogens (tertiary/aromatic N) is 2. The molecule has 0 aliphatic rings. The Bertz CT molecular complexity index is 552. The highest BCUT2D eigenvalue weighted by Crippen LogP contribution is 2.24. The minimum absolute atomic E-state index is 0.0278. The number of aryl methyl sites for hydroxylation is 1. The molecule has 5 heteroatoms. The fourth-order valence-electron chi connectivity index (χ4n) is 1.50. The molecule has 15 heavy (non-hydrogen) atoms. The number of aromatic nitrogens is 1. The van der Waals surface area contributed by atoms with Crippen molar-refractivity contribution in [3.63, 3.8) is 0 Å². The van der Waals surface area contributed by atoms with Crippen LogP contribution in [0.3, 0.4) is 0 Å². The van der Waals surface area contributed by atoms with Gasteiger partial charge in [-0.25, -0.2) is 0 Å². The molecule has 2 N–H and O–H groups in total. The van der Waals surface area contributed by atoms with E-state index in [1.807, 2.05) is 0 Å². The molecule has 2 aromatic rings. The Labute approximate surface area is 85.7 Å². The van der Waals surface area contributed by atoms with E-state index in [9.17, 15) is 10.1 Å². The van der Waals surface area contributed by atoms with E-state index < -0.39 is 4.92 Å². The largest absolute Gasteiger partial charge is 0.398 e. The summed E-state index contributed by atoms with van der Waals surface area (Å²) in [7, 11) is 0. The zero-order valence-corrected chi connectivity index (χ0v) is 8.10. The first kappa shape index (κ1) is 9.39. The zero-order valence-electron chi connectivity index (χ0n) is 8.10. The summed E-state index contributed by atoms with van der Waals surface area (Å²) < 4.78 is 0. The summed E-state index contributed by atoms with van der Waals surface area (Å²) in [6.45, 7) is 1.80. The van der Waals surface area contributed by atoms with Gasteiger partial charge in [0.25, 0.3) is 5.69 Å². The Morgan fingerprint density at radius 1 is 1.40 bits per heavy atom. The van der Waals surface area contributed by atoms with E-state index >= 15 is 0 Å².